The minimum Gasteiger partial charge on any atom is -0.462 e. The van der Waals surface area contributed by atoms with Crippen LogP contribution in [0.25, 0.3) is 0 Å². The second kappa shape index (κ2) is 9.40. The number of benzene rings is 1. The van der Waals surface area contributed by atoms with Gasteiger partial charge in [0.25, 0.3) is 5.91 Å². The molecule has 1 amide bonds. The zero-order valence-corrected chi connectivity index (χ0v) is 18.7. The van der Waals surface area contributed by atoms with E-state index in [0.717, 1.165) is 30.7 Å². The van der Waals surface area contributed by atoms with Crippen molar-refractivity contribution in [1.82, 2.24) is 15.1 Å². The minimum atomic E-state index is -0.531. The molecule has 1 saturated heterocycles. The molecule has 0 unspecified atom stereocenters. The molecule has 1 fully saturated rings. The lowest BCUT2D eigenvalue weighted by Gasteiger charge is -2.36. The highest BCUT2D eigenvalue weighted by molar-refractivity contribution is 5.97. The lowest BCUT2D eigenvalue weighted by atomic mass is 9.76. The Hall–Kier alpha value is -2.74. The van der Waals surface area contributed by atoms with Crippen molar-refractivity contribution in [3.05, 3.63) is 52.1 Å². The van der Waals surface area contributed by atoms with Gasteiger partial charge < -0.3 is 14.8 Å². The number of nitrogens with zero attached hydrogens (tertiary/aromatic N) is 2. The van der Waals surface area contributed by atoms with Gasteiger partial charge in [0, 0.05) is 32.7 Å². The summed E-state index contributed by atoms with van der Waals surface area (Å²) in [7, 11) is 0. The van der Waals surface area contributed by atoms with Crippen LogP contribution in [0.4, 0.5) is 4.39 Å². The molecule has 0 radical (unpaired) electrons. The molecule has 1 spiro atoms. The number of hydrogen-bond acceptors (Lipinski definition) is 5. The molecule has 3 heterocycles. The van der Waals surface area contributed by atoms with Crippen molar-refractivity contribution in [3.8, 4) is 0 Å². The number of aryl methyl sites for hydroxylation is 2. The van der Waals surface area contributed by atoms with Gasteiger partial charge in [0.1, 0.15) is 5.82 Å². The summed E-state index contributed by atoms with van der Waals surface area (Å²) in [5, 5.41) is 7.83. The summed E-state index contributed by atoms with van der Waals surface area (Å²) in [6, 6.07) is 4.39. The molecule has 0 aliphatic carbocycles. The van der Waals surface area contributed by atoms with E-state index in [1.165, 1.54) is 12.1 Å². The maximum atomic E-state index is 13.7. The third-order valence-electron chi connectivity index (χ3n) is 6.65. The van der Waals surface area contributed by atoms with Gasteiger partial charge in [0.2, 0.25) is 0 Å². The van der Waals surface area contributed by atoms with E-state index in [0.29, 0.717) is 44.7 Å². The molecule has 1 aromatic heterocycles. The normalized spacial score (nSPS) is 17.5. The number of esters is 1. The fourth-order valence-corrected chi connectivity index (χ4v) is 4.64. The number of fused-ring (bicyclic) bond motifs is 1. The zero-order valence-electron chi connectivity index (χ0n) is 18.7. The van der Waals surface area contributed by atoms with Crippen molar-refractivity contribution in [1.29, 1.82) is 0 Å². The molecule has 0 saturated carbocycles. The molecule has 0 bridgehead atoms. The molecule has 4 rings (SSSR count). The Morgan fingerprint density at radius 3 is 2.88 bits per heavy atom. The van der Waals surface area contributed by atoms with E-state index >= 15 is 0 Å². The van der Waals surface area contributed by atoms with Gasteiger partial charge in [-0.15, -0.1) is 0 Å². The predicted octanol–water partition coefficient (Wildman–Crippen LogP) is 3.22. The van der Waals surface area contributed by atoms with E-state index in [1.807, 2.05) is 11.6 Å². The summed E-state index contributed by atoms with van der Waals surface area (Å²) in [5.74, 6) is -1.01. The van der Waals surface area contributed by atoms with Crippen LogP contribution in [0.15, 0.2) is 18.2 Å². The van der Waals surface area contributed by atoms with Crippen LogP contribution in [0.1, 0.15) is 63.9 Å². The second-order valence-electron chi connectivity index (χ2n) is 8.72. The van der Waals surface area contributed by atoms with Gasteiger partial charge in [-0.2, -0.15) is 5.10 Å². The van der Waals surface area contributed by atoms with E-state index in [-0.39, 0.29) is 29.1 Å². The Kier molecular flexibility index (Phi) is 6.60. The smallest absolute Gasteiger partial charge is 0.338 e. The minimum absolute atomic E-state index is 0.0106. The zero-order chi connectivity index (χ0) is 22.7. The Morgan fingerprint density at radius 1 is 1.34 bits per heavy atom. The van der Waals surface area contributed by atoms with Crippen LogP contribution >= 0.6 is 0 Å². The van der Waals surface area contributed by atoms with Crippen LogP contribution in [-0.4, -0.2) is 48.0 Å². The molecule has 0 atom stereocenters. The molecule has 32 heavy (non-hydrogen) atoms. The monoisotopic (exact) mass is 443 g/mol. The van der Waals surface area contributed by atoms with Gasteiger partial charge in [0.15, 0.2) is 0 Å². The lowest BCUT2D eigenvalue weighted by molar-refractivity contribution is 0.0152. The second-order valence-corrected chi connectivity index (χ2v) is 8.72. The fourth-order valence-electron chi connectivity index (χ4n) is 4.64. The average Bonchev–Trinajstić information content (AvgIpc) is 3.07. The molecular formula is C24H30FN3O4. The standard InChI is InChI=1S/C24H30FN3O4/c1-3-19-21-20(14-24(15-26-22(21)29)8-12-31-13-9-24)28(27-19)10-5-11-32-23(30)17-6-4-7-18(25)16(17)2/h4,6-7H,3,5,8-15H2,1-2H3,(H,26,29). The number of halogens is 1. The lowest BCUT2D eigenvalue weighted by Crippen LogP contribution is -2.40. The summed E-state index contributed by atoms with van der Waals surface area (Å²) in [6.45, 7) is 6.35. The Labute approximate surface area is 187 Å². The Balaban J connectivity index is 1.46. The third-order valence-corrected chi connectivity index (χ3v) is 6.65. The molecule has 1 N–H and O–H groups in total. The van der Waals surface area contributed by atoms with Crippen LogP contribution in [-0.2, 0) is 28.9 Å². The summed E-state index contributed by atoms with van der Waals surface area (Å²) in [5.41, 5.74) is 2.98. The van der Waals surface area contributed by atoms with Crippen molar-refractivity contribution in [2.75, 3.05) is 26.4 Å². The number of rotatable bonds is 6. The SMILES string of the molecule is CCc1nn(CCCOC(=O)c2cccc(F)c2C)c2c1C(=O)NCC1(CCOCC1)C2. The van der Waals surface area contributed by atoms with E-state index in [2.05, 4.69) is 5.32 Å². The number of nitrogens with one attached hydrogen (secondary N) is 1. The number of amides is 1. The van der Waals surface area contributed by atoms with Crippen LogP contribution in [0.2, 0.25) is 0 Å². The highest BCUT2D eigenvalue weighted by atomic mass is 19.1. The summed E-state index contributed by atoms with van der Waals surface area (Å²) in [4.78, 5) is 25.2. The third kappa shape index (κ3) is 4.41. The van der Waals surface area contributed by atoms with Gasteiger partial charge in [-0.3, -0.25) is 9.48 Å². The summed E-state index contributed by atoms with van der Waals surface area (Å²) in [6.07, 6.45) is 3.81. The van der Waals surface area contributed by atoms with Crippen molar-refractivity contribution in [2.45, 2.75) is 52.5 Å². The van der Waals surface area contributed by atoms with Gasteiger partial charge in [-0.05, 0) is 55.7 Å². The first-order chi connectivity index (χ1) is 15.4. The molecule has 1 aromatic carbocycles. The highest BCUT2D eigenvalue weighted by Crippen LogP contribution is 2.37. The van der Waals surface area contributed by atoms with E-state index in [9.17, 15) is 14.0 Å². The van der Waals surface area contributed by atoms with Gasteiger partial charge in [-0.25, -0.2) is 9.18 Å². The maximum absolute atomic E-state index is 13.7. The average molecular weight is 444 g/mol. The number of aromatic nitrogens is 2. The van der Waals surface area contributed by atoms with Gasteiger partial charge in [0.05, 0.1) is 29.1 Å². The summed E-state index contributed by atoms with van der Waals surface area (Å²) >= 11 is 0. The highest BCUT2D eigenvalue weighted by Gasteiger charge is 2.39. The maximum Gasteiger partial charge on any atom is 0.338 e. The van der Waals surface area contributed by atoms with Crippen LogP contribution < -0.4 is 5.32 Å². The number of hydrogen-bond donors (Lipinski definition) is 1. The molecule has 8 heteroatoms. The van der Waals surface area contributed by atoms with Crippen LogP contribution in [0, 0.1) is 18.2 Å². The molecule has 2 aliphatic heterocycles. The predicted molar refractivity (Wildman–Crippen MR) is 116 cm³/mol. The van der Waals surface area contributed by atoms with Crippen molar-refractivity contribution in [3.63, 3.8) is 0 Å². The Bertz CT molecular complexity index is 1010. The number of carbonyl (C=O) groups is 2. The Morgan fingerprint density at radius 2 is 2.12 bits per heavy atom. The van der Waals surface area contributed by atoms with Crippen LogP contribution in [0.3, 0.4) is 0 Å². The van der Waals surface area contributed by atoms with Crippen LogP contribution in [0.5, 0.6) is 0 Å². The number of carbonyl (C=O) groups excluding carboxylic acids is 2. The van der Waals surface area contributed by atoms with Crippen molar-refractivity contribution >= 4 is 11.9 Å². The van der Waals surface area contributed by atoms with E-state index < -0.39 is 11.8 Å². The van der Waals surface area contributed by atoms with Crippen molar-refractivity contribution in [2.24, 2.45) is 5.41 Å². The quantitative estimate of drug-likeness (QED) is 0.548. The molecule has 7 nitrogen and oxygen atoms in total. The first-order valence-corrected chi connectivity index (χ1v) is 11.3. The number of ether oxygens (including phenoxy) is 2. The molecule has 172 valence electrons. The van der Waals surface area contributed by atoms with Gasteiger partial charge >= 0.3 is 5.97 Å². The molecular weight excluding hydrogens is 413 g/mol. The summed E-state index contributed by atoms with van der Waals surface area (Å²) < 4.78 is 26.5. The fraction of sp³-hybridized carbons (Fsp3) is 0.542. The molecule has 2 aliphatic rings. The first kappa shape index (κ1) is 22.5. The first-order valence-electron chi connectivity index (χ1n) is 11.3. The van der Waals surface area contributed by atoms with Gasteiger partial charge in [-0.1, -0.05) is 13.0 Å². The van der Waals surface area contributed by atoms with Crippen molar-refractivity contribution < 1.29 is 23.5 Å². The van der Waals surface area contributed by atoms with E-state index in [4.69, 9.17) is 14.6 Å². The largest absolute Gasteiger partial charge is 0.462 e. The molecule has 2 aromatic rings. The van der Waals surface area contributed by atoms with E-state index in [1.54, 1.807) is 13.0 Å². The topological polar surface area (TPSA) is 82.5 Å².